The van der Waals surface area contributed by atoms with Gasteiger partial charge in [-0.3, -0.25) is 19.3 Å². The number of carbonyl (C=O) groups is 3. The minimum atomic E-state index is -0.997. The molecule has 1 aromatic heterocycles. The molecule has 4 aliphatic rings. The second-order valence-corrected chi connectivity index (χ2v) is 13.3. The number of nitrogens with one attached hydrogen (secondary N) is 1. The number of benzene rings is 2. The van der Waals surface area contributed by atoms with Crippen molar-refractivity contribution in [1.82, 2.24) is 9.88 Å². The van der Waals surface area contributed by atoms with E-state index in [1.54, 1.807) is 23.1 Å². The Labute approximate surface area is 227 Å². The summed E-state index contributed by atoms with van der Waals surface area (Å²) in [5.41, 5.74) is 3.54. The van der Waals surface area contributed by atoms with Gasteiger partial charge in [-0.15, -0.1) is 23.1 Å². The number of carbonyl (C=O) groups excluding carboxylic acids is 2. The molecule has 7 rings (SSSR count). The number of H-pyrrole nitrogens is 1. The molecule has 2 amide bonds. The Bertz CT molecular complexity index is 1480. The van der Waals surface area contributed by atoms with Crippen LogP contribution in [-0.4, -0.2) is 44.6 Å². The third kappa shape index (κ3) is 3.51. The Morgan fingerprint density at radius 1 is 1.00 bits per heavy atom. The average molecular weight is 549 g/mol. The maximum atomic E-state index is 13.5. The zero-order valence-electron chi connectivity index (χ0n) is 19.7. The van der Waals surface area contributed by atoms with Gasteiger partial charge >= 0.3 is 5.97 Å². The van der Waals surface area contributed by atoms with E-state index < -0.39 is 5.97 Å². The molecule has 3 aromatic rings. The van der Waals surface area contributed by atoms with Crippen LogP contribution in [0, 0.1) is 33.5 Å². The van der Waals surface area contributed by atoms with Gasteiger partial charge in [0.2, 0.25) is 11.8 Å². The van der Waals surface area contributed by atoms with Crippen molar-refractivity contribution in [3.05, 3.63) is 69.0 Å². The molecule has 188 valence electrons. The van der Waals surface area contributed by atoms with Gasteiger partial charge in [-0.25, -0.2) is 0 Å². The summed E-state index contributed by atoms with van der Waals surface area (Å²) in [5, 5.41) is 10.4. The lowest BCUT2D eigenvalue weighted by Gasteiger charge is -2.43. The lowest BCUT2D eigenvalue weighted by atomic mass is 9.68. The Balaban J connectivity index is 1.27. The molecule has 37 heavy (non-hydrogen) atoms. The summed E-state index contributed by atoms with van der Waals surface area (Å²) in [5.74, 6) is -1.47. The summed E-state index contributed by atoms with van der Waals surface area (Å²) in [7, 11) is 0. The lowest BCUT2D eigenvalue weighted by molar-refractivity contribution is -0.142. The molecule has 2 N–H and O–H groups in total. The van der Waals surface area contributed by atoms with Crippen LogP contribution in [-0.2, 0) is 14.4 Å². The monoisotopic (exact) mass is 548 g/mol. The van der Waals surface area contributed by atoms with E-state index in [1.165, 1.54) is 20.9 Å². The predicted molar refractivity (Wildman–Crippen MR) is 144 cm³/mol. The zero-order valence-corrected chi connectivity index (χ0v) is 22.2. The molecule has 3 fully saturated rings. The van der Waals surface area contributed by atoms with Crippen LogP contribution in [0.25, 0.3) is 11.1 Å². The number of thioether (sulfide) groups is 1. The molecule has 3 heterocycles. The van der Waals surface area contributed by atoms with Crippen molar-refractivity contribution in [3.63, 3.8) is 0 Å². The first kappa shape index (κ1) is 23.4. The van der Waals surface area contributed by atoms with Gasteiger partial charge in [-0.05, 0) is 53.1 Å². The number of rotatable bonds is 5. The van der Waals surface area contributed by atoms with Crippen LogP contribution in [0.2, 0.25) is 0 Å². The highest BCUT2D eigenvalue weighted by Crippen LogP contribution is 2.68. The van der Waals surface area contributed by atoms with E-state index in [4.69, 9.17) is 17.3 Å². The van der Waals surface area contributed by atoms with Gasteiger partial charge in [-0.1, -0.05) is 54.6 Å². The van der Waals surface area contributed by atoms with E-state index in [1.807, 2.05) is 18.2 Å². The van der Waals surface area contributed by atoms with Crippen molar-refractivity contribution in [2.75, 3.05) is 6.54 Å². The highest BCUT2D eigenvalue weighted by molar-refractivity contribution is 8.00. The molecular weight excluding hydrogens is 525 g/mol. The summed E-state index contributed by atoms with van der Waals surface area (Å²) in [6.45, 7) is -0.0350. The van der Waals surface area contributed by atoms with Crippen molar-refractivity contribution in [1.29, 1.82) is 0 Å². The van der Waals surface area contributed by atoms with Gasteiger partial charge in [-0.2, -0.15) is 0 Å². The molecule has 2 bridgehead atoms. The number of nitrogens with zero attached hydrogens (tertiary/aromatic N) is 1. The van der Waals surface area contributed by atoms with Crippen molar-refractivity contribution in [3.8, 4) is 11.1 Å². The van der Waals surface area contributed by atoms with Gasteiger partial charge < -0.3 is 10.1 Å². The van der Waals surface area contributed by atoms with E-state index in [-0.39, 0.29) is 65.5 Å². The van der Waals surface area contributed by atoms with Crippen molar-refractivity contribution in [2.45, 2.75) is 29.0 Å². The normalized spacial score (nSPS) is 31.4. The van der Waals surface area contributed by atoms with Crippen LogP contribution < -0.4 is 0 Å². The number of aromatic nitrogens is 1. The molecule has 7 atom stereocenters. The third-order valence-electron chi connectivity index (χ3n) is 8.74. The molecule has 9 heteroatoms. The van der Waals surface area contributed by atoms with Gasteiger partial charge in [0.1, 0.15) is 0 Å². The number of fused-ring (bicyclic) bond motifs is 9. The molecule has 1 saturated heterocycles. The third-order valence-corrected chi connectivity index (χ3v) is 11.7. The average Bonchev–Trinajstić information content (AvgIpc) is 3.62. The number of aliphatic carboxylic acids is 1. The minimum Gasteiger partial charge on any atom is -0.481 e. The quantitative estimate of drug-likeness (QED) is 0.327. The van der Waals surface area contributed by atoms with E-state index in [0.717, 1.165) is 21.0 Å². The molecule has 6 nitrogen and oxygen atoms in total. The van der Waals surface area contributed by atoms with Crippen LogP contribution in [0.5, 0.6) is 0 Å². The van der Waals surface area contributed by atoms with Crippen LogP contribution in [0.15, 0.2) is 59.6 Å². The van der Waals surface area contributed by atoms with Crippen molar-refractivity contribution >= 4 is 53.1 Å². The maximum absolute atomic E-state index is 13.5. The molecule has 0 spiro atoms. The summed E-state index contributed by atoms with van der Waals surface area (Å²) in [4.78, 5) is 43.8. The number of amides is 2. The molecule has 7 unspecified atom stereocenters. The zero-order chi connectivity index (χ0) is 25.4. The van der Waals surface area contributed by atoms with E-state index in [9.17, 15) is 14.4 Å². The summed E-state index contributed by atoms with van der Waals surface area (Å²) in [6, 6.07) is 19.0. The predicted octanol–water partition coefficient (Wildman–Crippen LogP) is 5.42. The Morgan fingerprint density at radius 2 is 1.68 bits per heavy atom. The van der Waals surface area contributed by atoms with E-state index in [2.05, 4.69) is 41.4 Å². The summed E-state index contributed by atoms with van der Waals surface area (Å²) < 4.78 is 0.753. The topological polar surface area (TPSA) is 90.5 Å². The Kier molecular flexibility index (Phi) is 5.46. The van der Waals surface area contributed by atoms with E-state index in [0.29, 0.717) is 0 Å². The molecule has 2 aliphatic carbocycles. The number of thiazole rings is 1. The second kappa shape index (κ2) is 8.64. The van der Waals surface area contributed by atoms with Gasteiger partial charge in [0, 0.05) is 22.6 Å². The highest BCUT2D eigenvalue weighted by Gasteiger charge is 2.69. The number of hydrogen-bond donors (Lipinski definition) is 2. The number of imide groups is 1. The lowest BCUT2D eigenvalue weighted by Crippen LogP contribution is -2.42. The largest absolute Gasteiger partial charge is 0.481 e. The summed E-state index contributed by atoms with van der Waals surface area (Å²) >= 11 is 8.96. The fourth-order valence-electron chi connectivity index (χ4n) is 7.39. The van der Waals surface area contributed by atoms with Gasteiger partial charge in [0.25, 0.3) is 0 Å². The standard InChI is InChI=1S/C28H24N2O4S3/c31-18(32)10-11-30-26(33)21-16-12-17(22(21)27(30)34)23-20(16)19(24-25(36-23)29-28(35)37-24)15-8-6-14(7-9-15)13-4-2-1-3-5-13/h1-9,16-17,19-23H,10-12H2,(H,29,35)(H,31,32). The number of aromatic amines is 1. The fourth-order valence-corrected chi connectivity index (χ4v) is 10.7. The Hall–Kier alpha value is -2.75. The van der Waals surface area contributed by atoms with Crippen LogP contribution in [0.1, 0.15) is 29.2 Å². The van der Waals surface area contributed by atoms with E-state index >= 15 is 0 Å². The number of carboxylic acids is 1. The molecule has 2 aromatic carbocycles. The molecular formula is C28H24N2O4S3. The molecule has 0 radical (unpaired) electrons. The van der Waals surface area contributed by atoms with Crippen LogP contribution in [0.3, 0.4) is 0 Å². The first-order valence-electron chi connectivity index (χ1n) is 12.5. The first-order valence-corrected chi connectivity index (χ1v) is 14.6. The Morgan fingerprint density at radius 3 is 2.38 bits per heavy atom. The van der Waals surface area contributed by atoms with Crippen molar-refractivity contribution < 1.29 is 19.5 Å². The van der Waals surface area contributed by atoms with Crippen LogP contribution in [0.4, 0.5) is 0 Å². The highest BCUT2D eigenvalue weighted by atomic mass is 32.2. The van der Waals surface area contributed by atoms with Gasteiger partial charge in [0.05, 0.1) is 23.3 Å². The number of likely N-dealkylation sites (tertiary alicyclic amines) is 1. The second-order valence-electron chi connectivity index (χ2n) is 10.4. The number of hydrogen-bond acceptors (Lipinski definition) is 6. The maximum Gasteiger partial charge on any atom is 0.305 e. The van der Waals surface area contributed by atoms with Crippen LogP contribution >= 0.6 is 35.3 Å². The summed E-state index contributed by atoms with van der Waals surface area (Å²) in [6.07, 6.45) is 0.661. The van der Waals surface area contributed by atoms with Crippen molar-refractivity contribution in [2.24, 2.45) is 29.6 Å². The minimum absolute atomic E-state index is 0.0350. The molecule has 2 saturated carbocycles. The fraction of sp³-hybridized carbons (Fsp3) is 0.357. The SMILES string of the molecule is O=C(O)CCN1C(=O)C2C3CC(C2C1=O)C1C(c2ccc(-c4ccccc4)cc2)c2sc(=S)[nH]c2SC31. The number of carboxylic acid groups (broad SMARTS) is 1. The smallest absolute Gasteiger partial charge is 0.305 e. The first-order chi connectivity index (χ1) is 17.9. The molecule has 2 aliphatic heterocycles. The van der Waals surface area contributed by atoms with Gasteiger partial charge in [0.15, 0.2) is 3.95 Å².